The first kappa shape index (κ1) is 11.6. The van der Waals surface area contributed by atoms with Gasteiger partial charge in [-0.3, -0.25) is 0 Å². The maximum atomic E-state index is 5.91. The minimum Gasteiger partial charge on any atom is -0.436 e. The van der Waals surface area contributed by atoms with Gasteiger partial charge in [-0.1, -0.05) is 0 Å². The van der Waals surface area contributed by atoms with Crippen molar-refractivity contribution >= 4 is 27.1 Å². The summed E-state index contributed by atoms with van der Waals surface area (Å²) in [5.41, 5.74) is 0. The molecule has 0 N–H and O–H groups in total. The molecule has 0 aromatic carbocycles. The SMILES string of the molecule is C[Si](C)(C)O[Si](C)(C)O[CH][SiH3]. The lowest BCUT2D eigenvalue weighted by Crippen LogP contribution is -2.44. The van der Waals surface area contributed by atoms with Gasteiger partial charge in [-0.15, -0.1) is 0 Å². The fourth-order valence-electron chi connectivity index (χ4n) is 1.05. The highest BCUT2D eigenvalue weighted by atomic mass is 28.4. The number of rotatable bonds is 4. The van der Waals surface area contributed by atoms with Gasteiger partial charge in [0, 0.05) is 16.5 Å². The monoisotopic (exact) mass is 207 g/mol. The third-order valence-corrected chi connectivity index (χ3v) is 6.88. The predicted molar refractivity (Wildman–Crippen MR) is 57.2 cm³/mol. The summed E-state index contributed by atoms with van der Waals surface area (Å²) >= 11 is 0. The average molecular weight is 207 g/mol. The van der Waals surface area contributed by atoms with Crippen LogP contribution in [0.2, 0.25) is 32.7 Å². The molecule has 0 saturated heterocycles. The van der Waals surface area contributed by atoms with Crippen LogP contribution in [0.25, 0.3) is 0 Å². The Morgan fingerprint density at radius 1 is 1.09 bits per heavy atom. The van der Waals surface area contributed by atoms with Gasteiger partial charge in [0.15, 0.2) is 8.32 Å². The molecule has 2 nitrogen and oxygen atoms in total. The highest BCUT2D eigenvalue weighted by molar-refractivity contribution is 6.81. The van der Waals surface area contributed by atoms with Crippen molar-refractivity contribution in [2.75, 3.05) is 0 Å². The predicted octanol–water partition coefficient (Wildman–Crippen LogP) is 1.04. The maximum absolute atomic E-state index is 5.91. The summed E-state index contributed by atoms with van der Waals surface area (Å²) in [7, 11) is -2.21. The molecule has 0 aromatic heterocycles. The fourth-order valence-corrected chi connectivity index (χ4v) is 9.41. The molecule has 0 fully saturated rings. The van der Waals surface area contributed by atoms with E-state index >= 15 is 0 Å². The third kappa shape index (κ3) is 6.95. The largest absolute Gasteiger partial charge is 0.436 e. The molecule has 0 aliphatic heterocycles. The highest BCUT2D eigenvalue weighted by Crippen LogP contribution is 2.15. The van der Waals surface area contributed by atoms with Crippen LogP contribution in [0.1, 0.15) is 0 Å². The van der Waals surface area contributed by atoms with E-state index in [4.69, 9.17) is 8.54 Å². The van der Waals surface area contributed by atoms with Crippen LogP contribution < -0.4 is 0 Å². The third-order valence-electron chi connectivity index (χ3n) is 0.954. The Hall–Kier alpha value is 0.571. The number of hydrogen-bond acceptors (Lipinski definition) is 2. The first-order valence-corrected chi connectivity index (χ1v) is 11.3. The van der Waals surface area contributed by atoms with Crippen LogP contribution >= 0.6 is 0 Å². The van der Waals surface area contributed by atoms with Crippen molar-refractivity contribution in [3.63, 3.8) is 0 Å². The molecule has 0 rings (SSSR count). The summed E-state index contributed by atoms with van der Waals surface area (Å²) in [4.78, 5) is 0. The summed E-state index contributed by atoms with van der Waals surface area (Å²) in [5.74, 6) is 0. The molecule has 0 saturated carbocycles. The smallest absolute Gasteiger partial charge is 0.321 e. The van der Waals surface area contributed by atoms with E-state index in [0.29, 0.717) is 0 Å². The topological polar surface area (TPSA) is 18.5 Å². The fraction of sp³-hybridized carbons (Fsp3) is 0.833. The Bertz CT molecular complexity index is 119. The molecule has 0 atom stereocenters. The Labute approximate surface area is 75.1 Å². The van der Waals surface area contributed by atoms with Crippen LogP contribution in [0, 0.1) is 6.23 Å². The van der Waals surface area contributed by atoms with Crippen molar-refractivity contribution in [1.82, 2.24) is 0 Å². The summed E-state index contributed by atoms with van der Waals surface area (Å²) in [6, 6.07) is 0. The van der Waals surface area contributed by atoms with Crippen LogP contribution in [-0.4, -0.2) is 27.1 Å². The van der Waals surface area contributed by atoms with Gasteiger partial charge in [0.2, 0.25) is 0 Å². The molecular weight excluding hydrogens is 188 g/mol. The van der Waals surface area contributed by atoms with E-state index in [2.05, 4.69) is 32.7 Å². The molecule has 1 radical (unpaired) electrons. The summed E-state index contributed by atoms with van der Waals surface area (Å²) in [5, 5.41) is 0. The second kappa shape index (κ2) is 3.99. The van der Waals surface area contributed by atoms with Crippen LogP contribution in [-0.2, 0) is 8.54 Å². The Kier molecular flexibility index (Phi) is 4.20. The van der Waals surface area contributed by atoms with Gasteiger partial charge in [0.1, 0.15) is 0 Å². The van der Waals surface area contributed by atoms with Gasteiger partial charge in [0.05, 0.1) is 0 Å². The maximum Gasteiger partial charge on any atom is 0.321 e. The average Bonchev–Trinajstić information content (AvgIpc) is 1.55. The Balaban J connectivity index is 3.91. The Morgan fingerprint density at radius 2 is 1.55 bits per heavy atom. The van der Waals surface area contributed by atoms with Crippen molar-refractivity contribution in [3.8, 4) is 0 Å². The van der Waals surface area contributed by atoms with Crippen molar-refractivity contribution < 1.29 is 8.54 Å². The second-order valence-corrected chi connectivity index (χ2v) is 12.5. The molecule has 11 heavy (non-hydrogen) atoms. The van der Waals surface area contributed by atoms with Gasteiger partial charge in [-0.05, 0) is 32.7 Å². The van der Waals surface area contributed by atoms with E-state index in [0.717, 1.165) is 10.2 Å². The molecule has 0 aliphatic rings. The molecule has 0 unspecified atom stereocenters. The van der Waals surface area contributed by atoms with Crippen LogP contribution in [0.3, 0.4) is 0 Å². The van der Waals surface area contributed by atoms with Crippen molar-refractivity contribution in [2.45, 2.75) is 32.7 Å². The minimum absolute atomic E-state index is 0.984. The van der Waals surface area contributed by atoms with Crippen molar-refractivity contribution in [3.05, 3.63) is 6.23 Å². The molecule has 0 amide bonds. The molecule has 0 aromatic rings. The highest BCUT2D eigenvalue weighted by Gasteiger charge is 2.30. The molecule has 0 aliphatic carbocycles. The van der Waals surface area contributed by atoms with E-state index < -0.39 is 16.9 Å². The van der Waals surface area contributed by atoms with Gasteiger partial charge < -0.3 is 8.54 Å². The van der Waals surface area contributed by atoms with E-state index in [1.807, 2.05) is 6.23 Å². The number of hydrogen-bond donors (Lipinski definition) is 0. The van der Waals surface area contributed by atoms with E-state index in [9.17, 15) is 0 Å². The second-order valence-electron chi connectivity index (χ2n) is 3.97. The molecule has 0 bridgehead atoms. The van der Waals surface area contributed by atoms with E-state index in [1.165, 1.54) is 0 Å². The molecule has 67 valence electrons. The lowest BCUT2D eigenvalue weighted by atomic mass is 11.7. The van der Waals surface area contributed by atoms with Gasteiger partial charge in [-0.2, -0.15) is 0 Å². The first-order valence-electron chi connectivity index (χ1n) is 3.93. The standard InChI is InChI=1S/C6H19O2Si3/c1-10(2,3)8-11(4,5)7-6-9/h6H,1-5,9H3. The molecule has 0 spiro atoms. The lowest BCUT2D eigenvalue weighted by Gasteiger charge is -2.30. The van der Waals surface area contributed by atoms with Crippen LogP contribution in [0.5, 0.6) is 0 Å². The van der Waals surface area contributed by atoms with Gasteiger partial charge in [-0.25, -0.2) is 0 Å². The van der Waals surface area contributed by atoms with Crippen LogP contribution in [0.4, 0.5) is 0 Å². The Morgan fingerprint density at radius 3 is 1.82 bits per heavy atom. The summed E-state index contributed by atoms with van der Waals surface area (Å²) < 4.78 is 11.4. The molecule has 5 heteroatoms. The van der Waals surface area contributed by atoms with Gasteiger partial charge >= 0.3 is 8.56 Å². The zero-order valence-corrected chi connectivity index (χ0v) is 12.4. The normalized spacial score (nSPS) is 13.9. The quantitative estimate of drug-likeness (QED) is 0.642. The zero-order chi connectivity index (χ0) is 9.12. The van der Waals surface area contributed by atoms with Crippen LogP contribution in [0.15, 0.2) is 0 Å². The van der Waals surface area contributed by atoms with Gasteiger partial charge in [0.25, 0.3) is 0 Å². The lowest BCUT2D eigenvalue weighted by molar-refractivity contribution is 0.336. The first-order chi connectivity index (χ1) is 4.77. The molecule has 0 heterocycles. The van der Waals surface area contributed by atoms with E-state index in [-0.39, 0.29) is 0 Å². The zero-order valence-electron chi connectivity index (χ0n) is 8.39. The summed E-state index contributed by atoms with van der Waals surface area (Å²) in [6.07, 6.45) is 1.87. The minimum atomic E-state index is -1.80. The summed E-state index contributed by atoms with van der Waals surface area (Å²) in [6.45, 7) is 10.8. The van der Waals surface area contributed by atoms with E-state index in [1.54, 1.807) is 0 Å². The van der Waals surface area contributed by atoms with Crippen molar-refractivity contribution in [2.24, 2.45) is 0 Å². The molecular formula is C6H19O2Si3. The van der Waals surface area contributed by atoms with Crippen molar-refractivity contribution in [1.29, 1.82) is 0 Å².